The molecular formula is C14H14N2OS. The summed E-state index contributed by atoms with van der Waals surface area (Å²) in [6.45, 7) is 1.03. The monoisotopic (exact) mass is 258 g/mol. The van der Waals surface area contributed by atoms with E-state index < -0.39 is 0 Å². The number of thiazole rings is 1. The fourth-order valence-corrected chi connectivity index (χ4v) is 2.83. The Hall–Kier alpha value is -1.68. The molecule has 4 heteroatoms. The van der Waals surface area contributed by atoms with Crippen molar-refractivity contribution < 1.29 is 4.79 Å². The number of aryl methyl sites for hydroxylation is 1. The lowest BCUT2D eigenvalue weighted by molar-refractivity contribution is 0.0993. The number of anilines is 1. The van der Waals surface area contributed by atoms with Crippen molar-refractivity contribution >= 4 is 22.8 Å². The van der Waals surface area contributed by atoms with Crippen LogP contribution in [0, 0.1) is 0 Å². The maximum absolute atomic E-state index is 12.2. The van der Waals surface area contributed by atoms with Crippen LogP contribution in [0.3, 0.4) is 0 Å². The fourth-order valence-electron chi connectivity index (χ4n) is 2.24. The molecule has 3 rings (SSSR count). The Morgan fingerprint density at radius 2 is 2.39 bits per heavy atom. The van der Waals surface area contributed by atoms with E-state index in [-0.39, 0.29) is 5.78 Å². The van der Waals surface area contributed by atoms with Crippen LogP contribution in [0.1, 0.15) is 27.2 Å². The van der Waals surface area contributed by atoms with E-state index in [1.807, 2.05) is 18.2 Å². The Balaban J connectivity index is 1.81. The van der Waals surface area contributed by atoms with Crippen molar-refractivity contribution in [2.24, 2.45) is 0 Å². The van der Waals surface area contributed by atoms with Gasteiger partial charge in [-0.3, -0.25) is 9.78 Å². The van der Waals surface area contributed by atoms with Crippen molar-refractivity contribution in [2.75, 3.05) is 11.9 Å². The second-order valence-corrected chi connectivity index (χ2v) is 5.44. The summed E-state index contributed by atoms with van der Waals surface area (Å²) in [6.07, 6.45) is 4.42. The summed E-state index contributed by atoms with van der Waals surface area (Å²) >= 11 is 1.53. The molecule has 0 fully saturated rings. The number of ketones is 1. The van der Waals surface area contributed by atoms with Gasteiger partial charge in [0.05, 0.1) is 5.51 Å². The molecule has 1 aromatic carbocycles. The van der Waals surface area contributed by atoms with Crippen LogP contribution in [0.5, 0.6) is 0 Å². The number of carbonyl (C=O) groups is 1. The molecule has 0 bridgehead atoms. The first-order valence-electron chi connectivity index (χ1n) is 6.10. The molecule has 0 aliphatic carbocycles. The van der Waals surface area contributed by atoms with Crippen LogP contribution in [0.4, 0.5) is 5.69 Å². The molecule has 1 aliphatic rings. The van der Waals surface area contributed by atoms with E-state index in [0.29, 0.717) is 6.42 Å². The quantitative estimate of drug-likeness (QED) is 0.861. The number of nitrogens with zero attached hydrogens (tertiary/aromatic N) is 1. The molecule has 18 heavy (non-hydrogen) atoms. The molecule has 3 nitrogen and oxygen atoms in total. The SMILES string of the molecule is O=C(Cc1cncs1)c1ccc2c(c1)CCCN2. The molecule has 0 saturated heterocycles. The topological polar surface area (TPSA) is 42.0 Å². The van der Waals surface area contributed by atoms with Crippen molar-refractivity contribution in [2.45, 2.75) is 19.3 Å². The van der Waals surface area contributed by atoms with E-state index in [4.69, 9.17) is 0 Å². The van der Waals surface area contributed by atoms with Crippen LogP contribution in [0.2, 0.25) is 0 Å². The summed E-state index contributed by atoms with van der Waals surface area (Å²) in [6, 6.07) is 5.97. The number of Topliss-reactive ketones (excluding diaryl/α,β-unsaturated/α-hetero) is 1. The molecule has 2 heterocycles. The number of rotatable bonds is 3. The molecule has 0 atom stereocenters. The second-order valence-electron chi connectivity index (χ2n) is 4.47. The lowest BCUT2D eigenvalue weighted by Gasteiger charge is -2.18. The summed E-state index contributed by atoms with van der Waals surface area (Å²) in [5, 5.41) is 3.36. The average Bonchev–Trinajstić information content (AvgIpc) is 2.91. The number of benzene rings is 1. The Kier molecular flexibility index (Phi) is 3.11. The highest BCUT2D eigenvalue weighted by molar-refractivity contribution is 7.09. The van der Waals surface area contributed by atoms with Gasteiger partial charge in [-0.25, -0.2) is 0 Å². The number of aromatic nitrogens is 1. The predicted molar refractivity (Wildman–Crippen MR) is 73.4 cm³/mol. The average molecular weight is 258 g/mol. The molecule has 2 aromatic rings. The molecule has 0 saturated carbocycles. The van der Waals surface area contributed by atoms with Crippen LogP contribution < -0.4 is 5.32 Å². The van der Waals surface area contributed by atoms with E-state index in [2.05, 4.69) is 10.3 Å². The van der Waals surface area contributed by atoms with Crippen molar-refractivity contribution in [3.05, 3.63) is 45.9 Å². The van der Waals surface area contributed by atoms with Crippen LogP contribution in [-0.2, 0) is 12.8 Å². The van der Waals surface area contributed by atoms with Crippen LogP contribution in [-0.4, -0.2) is 17.3 Å². The molecule has 0 radical (unpaired) electrons. The third kappa shape index (κ3) is 2.29. The molecule has 92 valence electrons. The summed E-state index contributed by atoms with van der Waals surface area (Å²) in [4.78, 5) is 17.2. The number of hydrogen-bond acceptors (Lipinski definition) is 4. The minimum atomic E-state index is 0.174. The van der Waals surface area contributed by atoms with Gasteiger partial charge in [0, 0.05) is 35.3 Å². The van der Waals surface area contributed by atoms with Gasteiger partial charge in [-0.05, 0) is 36.6 Å². The number of hydrogen-bond donors (Lipinski definition) is 1. The van der Waals surface area contributed by atoms with E-state index in [1.54, 1.807) is 11.7 Å². The Morgan fingerprint density at radius 1 is 1.44 bits per heavy atom. The van der Waals surface area contributed by atoms with Gasteiger partial charge in [-0.1, -0.05) is 0 Å². The smallest absolute Gasteiger partial charge is 0.168 e. The van der Waals surface area contributed by atoms with Gasteiger partial charge in [0.1, 0.15) is 0 Å². The number of fused-ring (bicyclic) bond motifs is 1. The van der Waals surface area contributed by atoms with E-state index in [0.717, 1.165) is 29.8 Å². The van der Waals surface area contributed by atoms with Crippen molar-refractivity contribution in [3.63, 3.8) is 0 Å². The molecule has 1 aromatic heterocycles. The van der Waals surface area contributed by atoms with Crippen LogP contribution in [0.15, 0.2) is 29.9 Å². The van der Waals surface area contributed by atoms with E-state index in [9.17, 15) is 4.79 Å². The first kappa shape index (κ1) is 11.4. The van der Waals surface area contributed by atoms with Crippen LogP contribution in [0.25, 0.3) is 0 Å². The van der Waals surface area contributed by atoms with Gasteiger partial charge in [0.2, 0.25) is 0 Å². The predicted octanol–water partition coefficient (Wildman–Crippen LogP) is 2.93. The summed E-state index contributed by atoms with van der Waals surface area (Å²) < 4.78 is 0. The highest BCUT2D eigenvalue weighted by atomic mass is 32.1. The van der Waals surface area contributed by atoms with Crippen molar-refractivity contribution in [1.82, 2.24) is 4.98 Å². The Bertz CT molecular complexity index is 563. The third-order valence-corrected chi connectivity index (χ3v) is 3.96. The maximum atomic E-state index is 12.2. The Morgan fingerprint density at radius 3 is 3.22 bits per heavy atom. The standard InChI is InChI=1S/C14H14N2OS/c17-14(7-12-8-15-9-18-12)11-3-4-13-10(6-11)2-1-5-16-13/h3-4,6,8-9,16H,1-2,5,7H2. The lowest BCUT2D eigenvalue weighted by atomic mass is 9.98. The van der Waals surface area contributed by atoms with Gasteiger partial charge >= 0.3 is 0 Å². The molecule has 0 spiro atoms. The van der Waals surface area contributed by atoms with Crippen molar-refractivity contribution in [3.8, 4) is 0 Å². The molecular weight excluding hydrogens is 244 g/mol. The zero-order valence-electron chi connectivity index (χ0n) is 9.98. The minimum Gasteiger partial charge on any atom is -0.385 e. The normalized spacial score (nSPS) is 13.8. The van der Waals surface area contributed by atoms with Gasteiger partial charge in [0.15, 0.2) is 5.78 Å². The highest BCUT2D eigenvalue weighted by Crippen LogP contribution is 2.23. The van der Waals surface area contributed by atoms with Gasteiger partial charge in [-0.15, -0.1) is 11.3 Å². The van der Waals surface area contributed by atoms with Gasteiger partial charge in [-0.2, -0.15) is 0 Å². The minimum absolute atomic E-state index is 0.174. The van der Waals surface area contributed by atoms with E-state index in [1.165, 1.54) is 22.6 Å². The van der Waals surface area contributed by atoms with Gasteiger partial charge in [0.25, 0.3) is 0 Å². The zero-order valence-corrected chi connectivity index (χ0v) is 10.8. The fraction of sp³-hybridized carbons (Fsp3) is 0.286. The van der Waals surface area contributed by atoms with Crippen LogP contribution >= 0.6 is 11.3 Å². The first-order chi connectivity index (χ1) is 8.83. The third-order valence-electron chi connectivity index (χ3n) is 3.18. The zero-order chi connectivity index (χ0) is 12.4. The Labute approximate surface area is 110 Å². The van der Waals surface area contributed by atoms with E-state index >= 15 is 0 Å². The summed E-state index contributed by atoms with van der Waals surface area (Å²) in [5.41, 5.74) is 5.01. The van der Waals surface area contributed by atoms with Gasteiger partial charge < -0.3 is 5.32 Å². The largest absolute Gasteiger partial charge is 0.385 e. The first-order valence-corrected chi connectivity index (χ1v) is 6.98. The number of nitrogens with one attached hydrogen (secondary N) is 1. The second kappa shape index (κ2) is 4.90. The summed E-state index contributed by atoms with van der Waals surface area (Å²) in [5.74, 6) is 0.174. The molecule has 1 N–H and O–H groups in total. The van der Waals surface area contributed by atoms with Crippen molar-refractivity contribution in [1.29, 1.82) is 0 Å². The molecule has 0 amide bonds. The highest BCUT2D eigenvalue weighted by Gasteiger charge is 2.13. The molecule has 0 unspecified atom stereocenters. The maximum Gasteiger partial charge on any atom is 0.168 e. The molecule has 1 aliphatic heterocycles. The number of carbonyl (C=O) groups excluding carboxylic acids is 1. The summed E-state index contributed by atoms with van der Waals surface area (Å²) in [7, 11) is 0. The lowest BCUT2D eigenvalue weighted by Crippen LogP contribution is -2.13.